The molecule has 20 heavy (non-hydrogen) atoms. The molecule has 1 aromatic rings. The average Bonchev–Trinajstić information content (AvgIpc) is 2.45. The SMILES string of the molecule is COC(=O)CC(O)C(O)c1cc(OC)cc(C(=O)O)c1. The van der Waals surface area contributed by atoms with Crippen molar-refractivity contribution in [3.63, 3.8) is 0 Å². The minimum Gasteiger partial charge on any atom is -0.497 e. The number of hydrogen-bond acceptors (Lipinski definition) is 6. The third-order valence-electron chi connectivity index (χ3n) is 2.72. The molecule has 0 saturated carbocycles. The van der Waals surface area contributed by atoms with Crippen molar-refractivity contribution in [2.45, 2.75) is 18.6 Å². The first-order valence-electron chi connectivity index (χ1n) is 5.74. The Morgan fingerprint density at radius 2 is 1.85 bits per heavy atom. The topological polar surface area (TPSA) is 113 Å². The van der Waals surface area contributed by atoms with Gasteiger partial charge in [-0.2, -0.15) is 0 Å². The second-order valence-corrected chi connectivity index (χ2v) is 4.09. The minimum atomic E-state index is -1.43. The predicted molar refractivity (Wildman–Crippen MR) is 67.6 cm³/mol. The molecule has 1 rings (SSSR count). The zero-order valence-electron chi connectivity index (χ0n) is 11.1. The minimum absolute atomic E-state index is 0.0938. The monoisotopic (exact) mass is 284 g/mol. The summed E-state index contributed by atoms with van der Waals surface area (Å²) in [6.45, 7) is 0. The van der Waals surface area contributed by atoms with Gasteiger partial charge in [0, 0.05) is 0 Å². The summed E-state index contributed by atoms with van der Waals surface area (Å²) in [5.41, 5.74) is 0.0434. The number of carboxylic acid groups (broad SMARTS) is 1. The lowest BCUT2D eigenvalue weighted by molar-refractivity contribution is -0.144. The van der Waals surface area contributed by atoms with Crippen molar-refractivity contribution in [1.82, 2.24) is 0 Å². The molecule has 0 fully saturated rings. The van der Waals surface area contributed by atoms with Crippen LogP contribution in [-0.4, -0.2) is 47.6 Å². The van der Waals surface area contributed by atoms with Crippen LogP contribution in [0, 0.1) is 0 Å². The molecule has 0 amide bonds. The predicted octanol–water partition coefficient (Wildman–Crippen LogP) is 0.351. The highest BCUT2D eigenvalue weighted by Gasteiger charge is 2.23. The average molecular weight is 284 g/mol. The third kappa shape index (κ3) is 3.94. The first-order valence-corrected chi connectivity index (χ1v) is 5.74. The van der Waals surface area contributed by atoms with Crippen LogP contribution in [0.2, 0.25) is 0 Å². The molecular formula is C13H16O7. The number of aliphatic hydroxyl groups is 2. The van der Waals surface area contributed by atoms with Crippen LogP contribution in [0.4, 0.5) is 0 Å². The van der Waals surface area contributed by atoms with Crippen LogP contribution in [0.5, 0.6) is 5.75 Å². The van der Waals surface area contributed by atoms with Crippen LogP contribution in [-0.2, 0) is 9.53 Å². The maximum absolute atomic E-state index is 11.0. The summed E-state index contributed by atoms with van der Waals surface area (Å²) >= 11 is 0. The van der Waals surface area contributed by atoms with Crippen molar-refractivity contribution in [3.8, 4) is 5.75 Å². The maximum atomic E-state index is 11.0. The van der Waals surface area contributed by atoms with Crippen molar-refractivity contribution < 1.29 is 34.4 Å². The lowest BCUT2D eigenvalue weighted by Crippen LogP contribution is -2.23. The zero-order chi connectivity index (χ0) is 15.3. The highest BCUT2D eigenvalue weighted by molar-refractivity contribution is 5.88. The number of carbonyl (C=O) groups excluding carboxylic acids is 1. The number of hydrogen-bond donors (Lipinski definition) is 3. The van der Waals surface area contributed by atoms with Crippen molar-refractivity contribution in [1.29, 1.82) is 0 Å². The van der Waals surface area contributed by atoms with Gasteiger partial charge >= 0.3 is 11.9 Å². The number of rotatable bonds is 6. The van der Waals surface area contributed by atoms with E-state index in [1.54, 1.807) is 0 Å². The summed E-state index contributed by atoms with van der Waals surface area (Å²) < 4.78 is 9.32. The van der Waals surface area contributed by atoms with Gasteiger partial charge in [0.25, 0.3) is 0 Å². The summed E-state index contributed by atoms with van der Waals surface area (Å²) in [5, 5.41) is 28.6. The van der Waals surface area contributed by atoms with E-state index in [-0.39, 0.29) is 16.9 Å². The van der Waals surface area contributed by atoms with Crippen LogP contribution >= 0.6 is 0 Å². The van der Waals surface area contributed by atoms with Gasteiger partial charge < -0.3 is 24.8 Å². The van der Waals surface area contributed by atoms with E-state index in [1.165, 1.54) is 25.3 Å². The fourth-order valence-corrected chi connectivity index (χ4v) is 1.62. The van der Waals surface area contributed by atoms with E-state index in [0.29, 0.717) is 0 Å². The number of aliphatic hydroxyl groups excluding tert-OH is 2. The second-order valence-electron chi connectivity index (χ2n) is 4.09. The van der Waals surface area contributed by atoms with Crippen LogP contribution < -0.4 is 4.74 Å². The lowest BCUT2D eigenvalue weighted by Gasteiger charge is -2.18. The van der Waals surface area contributed by atoms with E-state index in [4.69, 9.17) is 9.84 Å². The van der Waals surface area contributed by atoms with Gasteiger partial charge in [0.1, 0.15) is 11.9 Å². The maximum Gasteiger partial charge on any atom is 0.335 e. The molecule has 0 aromatic heterocycles. The number of carboxylic acids is 1. The van der Waals surface area contributed by atoms with Crippen LogP contribution in [0.25, 0.3) is 0 Å². The highest BCUT2D eigenvalue weighted by atomic mass is 16.5. The van der Waals surface area contributed by atoms with E-state index in [9.17, 15) is 19.8 Å². The smallest absolute Gasteiger partial charge is 0.335 e. The fraction of sp³-hybridized carbons (Fsp3) is 0.385. The van der Waals surface area contributed by atoms with Gasteiger partial charge in [0.05, 0.1) is 32.3 Å². The molecule has 0 spiro atoms. The Kier molecular flexibility index (Phi) is 5.48. The molecule has 0 bridgehead atoms. The molecule has 3 N–H and O–H groups in total. The van der Waals surface area contributed by atoms with Crippen LogP contribution in [0.1, 0.15) is 28.4 Å². The molecule has 2 unspecified atom stereocenters. The zero-order valence-corrected chi connectivity index (χ0v) is 11.1. The van der Waals surface area contributed by atoms with E-state index in [1.807, 2.05) is 0 Å². The Bertz CT molecular complexity index is 497. The molecule has 0 aliphatic heterocycles. The fourth-order valence-electron chi connectivity index (χ4n) is 1.62. The highest BCUT2D eigenvalue weighted by Crippen LogP contribution is 2.25. The quantitative estimate of drug-likeness (QED) is 0.646. The number of ether oxygens (including phenoxy) is 2. The summed E-state index contributed by atoms with van der Waals surface area (Å²) in [6, 6.07) is 3.87. The molecule has 0 radical (unpaired) electrons. The van der Waals surface area contributed by atoms with Crippen LogP contribution in [0.3, 0.4) is 0 Å². The van der Waals surface area contributed by atoms with E-state index < -0.39 is 30.6 Å². The standard InChI is InChI=1S/C13H16O7/c1-19-9-4-7(3-8(5-9)13(17)18)12(16)10(14)6-11(15)20-2/h3-5,10,12,14,16H,6H2,1-2H3,(H,17,18). The lowest BCUT2D eigenvalue weighted by atomic mass is 9.99. The van der Waals surface area contributed by atoms with Gasteiger partial charge in [-0.25, -0.2) is 4.79 Å². The second kappa shape index (κ2) is 6.88. The normalized spacial score (nSPS) is 13.4. The van der Waals surface area contributed by atoms with Gasteiger partial charge in [0.2, 0.25) is 0 Å². The van der Waals surface area contributed by atoms with Crippen LogP contribution in [0.15, 0.2) is 18.2 Å². The molecule has 0 heterocycles. The Labute approximate surface area is 115 Å². The van der Waals surface area contributed by atoms with E-state index in [2.05, 4.69) is 4.74 Å². The summed E-state index contributed by atoms with van der Waals surface area (Å²) in [6.07, 6.45) is -3.24. The Balaban J connectivity index is 3.02. The first kappa shape index (κ1) is 15.9. The Morgan fingerprint density at radius 3 is 2.35 bits per heavy atom. The Hall–Kier alpha value is -2.12. The van der Waals surface area contributed by atoms with Gasteiger partial charge in [0.15, 0.2) is 0 Å². The third-order valence-corrected chi connectivity index (χ3v) is 2.72. The number of aromatic carboxylic acids is 1. The molecule has 0 aliphatic carbocycles. The van der Waals surface area contributed by atoms with Crippen molar-refractivity contribution in [3.05, 3.63) is 29.3 Å². The van der Waals surface area contributed by atoms with Crippen molar-refractivity contribution >= 4 is 11.9 Å². The molecule has 7 nitrogen and oxygen atoms in total. The summed E-state index contributed by atoms with van der Waals surface area (Å²) in [4.78, 5) is 22.0. The molecule has 0 aliphatic rings. The molecule has 7 heteroatoms. The number of carbonyl (C=O) groups is 2. The molecule has 0 saturated heterocycles. The van der Waals surface area contributed by atoms with Gasteiger partial charge in [-0.3, -0.25) is 4.79 Å². The molecule has 110 valence electrons. The molecular weight excluding hydrogens is 268 g/mol. The first-order chi connectivity index (χ1) is 9.38. The number of methoxy groups -OCH3 is 2. The van der Waals surface area contributed by atoms with Gasteiger partial charge in [-0.05, 0) is 23.8 Å². The van der Waals surface area contributed by atoms with E-state index >= 15 is 0 Å². The molecule has 1 aromatic carbocycles. The Morgan fingerprint density at radius 1 is 1.20 bits per heavy atom. The number of esters is 1. The largest absolute Gasteiger partial charge is 0.497 e. The van der Waals surface area contributed by atoms with Crippen molar-refractivity contribution in [2.75, 3.05) is 14.2 Å². The van der Waals surface area contributed by atoms with Gasteiger partial charge in [-0.15, -0.1) is 0 Å². The van der Waals surface area contributed by atoms with Gasteiger partial charge in [-0.1, -0.05) is 0 Å². The summed E-state index contributed by atoms with van der Waals surface area (Å²) in [7, 11) is 2.51. The number of benzene rings is 1. The molecule has 2 atom stereocenters. The van der Waals surface area contributed by atoms with E-state index in [0.717, 1.165) is 7.11 Å². The van der Waals surface area contributed by atoms with Crippen molar-refractivity contribution in [2.24, 2.45) is 0 Å². The summed E-state index contributed by atoms with van der Waals surface area (Å²) in [5.74, 6) is -1.65.